The third-order valence-corrected chi connectivity index (χ3v) is 10.1. The van der Waals surface area contributed by atoms with Crippen LogP contribution in [-0.2, 0) is 37.6 Å². The topological polar surface area (TPSA) is 81.7 Å². The van der Waals surface area contributed by atoms with Crippen molar-refractivity contribution in [2.24, 2.45) is 0 Å². The highest BCUT2D eigenvalue weighted by Crippen LogP contribution is 2.40. The number of rotatable bonds is 8. The smallest absolute Gasteiger partial charge is 0.335 e. The van der Waals surface area contributed by atoms with Crippen molar-refractivity contribution < 1.29 is 37.6 Å². The summed E-state index contributed by atoms with van der Waals surface area (Å²) in [5, 5.41) is 0.0227. The van der Waals surface area contributed by atoms with E-state index >= 15 is 0 Å². The van der Waals surface area contributed by atoms with Crippen LogP contribution in [0.3, 0.4) is 0 Å². The van der Waals surface area contributed by atoms with Crippen molar-refractivity contribution in [3.63, 3.8) is 0 Å². The Balaban J connectivity index is 2.30. The van der Waals surface area contributed by atoms with Gasteiger partial charge in [-0.25, -0.2) is 4.79 Å². The van der Waals surface area contributed by atoms with Gasteiger partial charge in [0.05, 0.1) is 19.0 Å². The minimum absolute atomic E-state index is 0.0227. The van der Waals surface area contributed by atoms with Gasteiger partial charge in [0.15, 0.2) is 12.4 Å². The maximum atomic E-state index is 12.5. The number of esters is 1. The van der Waals surface area contributed by atoms with Crippen molar-refractivity contribution in [3.05, 3.63) is 11.8 Å². The lowest BCUT2D eigenvalue weighted by Crippen LogP contribution is -2.53. The first kappa shape index (κ1) is 25.3. The van der Waals surface area contributed by atoms with Crippen LogP contribution in [0.15, 0.2) is 11.8 Å². The number of hydrogen-bond donors (Lipinski definition) is 0. The van der Waals surface area contributed by atoms with Crippen LogP contribution in [0.4, 0.5) is 0 Å². The minimum Gasteiger partial charge on any atom is -0.547 e. The summed E-state index contributed by atoms with van der Waals surface area (Å²) in [6.07, 6.45) is -0.337. The highest BCUT2D eigenvalue weighted by Gasteiger charge is 2.44. The second kappa shape index (κ2) is 10.6. The molecule has 2 aliphatic heterocycles. The Hall–Kier alpha value is -0.973. The number of carbonyl (C=O) groups excluding carboxylic acids is 1. The van der Waals surface area contributed by atoms with Crippen molar-refractivity contribution >= 4 is 14.3 Å². The van der Waals surface area contributed by atoms with Crippen molar-refractivity contribution in [1.82, 2.24) is 0 Å². The summed E-state index contributed by atoms with van der Waals surface area (Å²) < 4.78 is 40.2. The molecular weight excluding hydrogens is 408 g/mol. The van der Waals surface area contributed by atoms with Crippen LogP contribution >= 0.6 is 0 Å². The van der Waals surface area contributed by atoms with Gasteiger partial charge in [-0.15, -0.1) is 0 Å². The molecule has 0 unspecified atom stereocenters. The molecule has 0 aliphatic carbocycles. The molecule has 0 N–H and O–H groups in total. The van der Waals surface area contributed by atoms with Crippen LogP contribution in [0, 0.1) is 0 Å². The van der Waals surface area contributed by atoms with E-state index in [1.807, 2.05) is 13.0 Å². The Kier molecular flexibility index (Phi) is 8.90. The van der Waals surface area contributed by atoms with Gasteiger partial charge in [-0.1, -0.05) is 20.8 Å². The van der Waals surface area contributed by atoms with Gasteiger partial charge in [0.25, 0.3) is 0 Å². The lowest BCUT2D eigenvalue weighted by atomic mass is 10.0. The third kappa shape index (κ3) is 6.51. The average molecular weight is 447 g/mol. The quantitative estimate of drug-likeness (QED) is 0.319. The first-order valence-corrected chi connectivity index (χ1v) is 13.5. The van der Waals surface area contributed by atoms with Gasteiger partial charge in [-0.2, -0.15) is 0 Å². The monoisotopic (exact) mass is 446 g/mol. The lowest BCUT2D eigenvalue weighted by Gasteiger charge is -2.42. The van der Waals surface area contributed by atoms with Crippen LogP contribution in [0.2, 0.25) is 18.1 Å². The molecular formula is C21H38O8Si. The number of ether oxygens (including phenoxy) is 6. The average Bonchev–Trinajstić information content (AvgIpc) is 2.65. The predicted octanol–water partition coefficient (Wildman–Crippen LogP) is 3.36. The highest BCUT2D eigenvalue weighted by molar-refractivity contribution is 6.74. The molecule has 2 heterocycles. The molecule has 9 heteroatoms. The zero-order chi connectivity index (χ0) is 22.5. The molecule has 0 aromatic heterocycles. The molecule has 174 valence electrons. The van der Waals surface area contributed by atoms with E-state index in [9.17, 15) is 4.79 Å². The SMILES string of the molecule is CCOC(=O)[C@@H]1CC(O[Si](C)(C)C(C)(C)C)=C[C@H]([C@@H]2O[C@H](C)OC[C@H]2OCOC)O1. The second-order valence-electron chi connectivity index (χ2n) is 9.15. The molecule has 0 aromatic rings. The molecule has 0 radical (unpaired) electrons. The molecule has 0 bridgehead atoms. The standard InChI is InChI=1S/C21H38O8Si/c1-9-24-20(22)17-11-15(29-30(7,8)21(3,4)5)10-16(28-17)19-18(26-13-23-6)12-25-14(2)27-19/h10,14,16-19H,9,11-13H2,1-8H3/t14-,16-,17+,18-,19+/m1/s1. The first-order valence-electron chi connectivity index (χ1n) is 10.6. The number of carbonyl (C=O) groups is 1. The summed E-state index contributed by atoms with van der Waals surface area (Å²) in [5.74, 6) is 0.338. The number of hydrogen-bond acceptors (Lipinski definition) is 8. The molecule has 0 spiro atoms. The van der Waals surface area contributed by atoms with Crippen LogP contribution < -0.4 is 0 Å². The van der Waals surface area contributed by atoms with Gasteiger partial charge < -0.3 is 32.8 Å². The Morgan fingerprint density at radius 1 is 1.27 bits per heavy atom. The maximum absolute atomic E-state index is 12.5. The summed E-state index contributed by atoms with van der Waals surface area (Å²) >= 11 is 0. The van der Waals surface area contributed by atoms with E-state index in [-0.39, 0.29) is 18.4 Å². The molecule has 8 nitrogen and oxygen atoms in total. The summed E-state index contributed by atoms with van der Waals surface area (Å²) in [6, 6.07) is 0. The van der Waals surface area contributed by atoms with E-state index in [4.69, 9.17) is 32.8 Å². The van der Waals surface area contributed by atoms with Crippen LogP contribution in [0.1, 0.15) is 41.0 Å². The fraction of sp³-hybridized carbons (Fsp3) is 0.857. The molecule has 1 saturated heterocycles. The Morgan fingerprint density at radius 2 is 1.97 bits per heavy atom. The van der Waals surface area contributed by atoms with E-state index in [0.29, 0.717) is 13.0 Å². The molecule has 2 rings (SSSR count). The fourth-order valence-corrected chi connectivity index (χ4v) is 4.19. The van der Waals surface area contributed by atoms with Gasteiger partial charge in [0.2, 0.25) is 8.32 Å². The molecule has 30 heavy (non-hydrogen) atoms. The maximum Gasteiger partial charge on any atom is 0.335 e. The van der Waals surface area contributed by atoms with Gasteiger partial charge in [0, 0.05) is 13.5 Å². The van der Waals surface area contributed by atoms with E-state index in [0.717, 1.165) is 5.76 Å². The van der Waals surface area contributed by atoms with Crippen molar-refractivity contribution in [1.29, 1.82) is 0 Å². The predicted molar refractivity (Wildman–Crippen MR) is 113 cm³/mol. The van der Waals surface area contributed by atoms with Crippen LogP contribution in [-0.4, -0.2) is 72.1 Å². The van der Waals surface area contributed by atoms with E-state index < -0.39 is 45.0 Å². The van der Waals surface area contributed by atoms with Crippen molar-refractivity contribution in [3.8, 4) is 0 Å². The molecule has 1 fully saturated rings. The number of methoxy groups -OCH3 is 1. The summed E-state index contributed by atoms with van der Waals surface area (Å²) in [5.41, 5.74) is 0. The molecule has 0 amide bonds. The van der Waals surface area contributed by atoms with Crippen molar-refractivity contribution in [2.45, 2.75) is 89.9 Å². The molecule has 0 saturated carbocycles. The van der Waals surface area contributed by atoms with Crippen LogP contribution in [0.5, 0.6) is 0 Å². The molecule has 2 aliphatic rings. The van der Waals surface area contributed by atoms with Gasteiger partial charge >= 0.3 is 5.97 Å². The molecule has 0 aromatic carbocycles. The van der Waals surface area contributed by atoms with Crippen molar-refractivity contribution in [2.75, 3.05) is 27.1 Å². The van der Waals surface area contributed by atoms with Gasteiger partial charge in [-0.3, -0.25) is 0 Å². The first-order chi connectivity index (χ1) is 14.0. The van der Waals surface area contributed by atoms with E-state index in [1.54, 1.807) is 14.0 Å². The van der Waals surface area contributed by atoms with E-state index in [1.165, 1.54) is 0 Å². The van der Waals surface area contributed by atoms with Gasteiger partial charge in [-0.05, 0) is 38.1 Å². The lowest BCUT2D eigenvalue weighted by molar-refractivity contribution is -0.285. The van der Waals surface area contributed by atoms with Gasteiger partial charge in [0.1, 0.15) is 25.1 Å². The fourth-order valence-electron chi connectivity index (χ4n) is 3.07. The zero-order valence-electron chi connectivity index (χ0n) is 19.6. The minimum atomic E-state index is -2.10. The third-order valence-electron chi connectivity index (χ3n) is 5.73. The summed E-state index contributed by atoms with van der Waals surface area (Å²) in [7, 11) is -0.542. The Labute approximate surface area is 181 Å². The summed E-state index contributed by atoms with van der Waals surface area (Å²) in [4.78, 5) is 12.5. The largest absolute Gasteiger partial charge is 0.547 e. The molecule has 5 atom stereocenters. The van der Waals surface area contributed by atoms with E-state index in [2.05, 4.69) is 33.9 Å². The normalized spacial score (nSPS) is 30.5. The summed E-state index contributed by atoms with van der Waals surface area (Å²) in [6.45, 7) is 15.2. The Bertz CT molecular complexity index is 598. The second-order valence-corrected chi connectivity index (χ2v) is 13.9. The highest BCUT2D eigenvalue weighted by atomic mass is 28.4. The zero-order valence-corrected chi connectivity index (χ0v) is 20.6. The van der Waals surface area contributed by atoms with Crippen LogP contribution in [0.25, 0.3) is 0 Å². The Morgan fingerprint density at radius 3 is 2.57 bits per heavy atom.